The number of hydrogen-bond donors (Lipinski definition) is 1. The number of benzene rings is 2. The third-order valence-corrected chi connectivity index (χ3v) is 3.32. The quantitative estimate of drug-likeness (QED) is 0.816. The second-order valence-corrected chi connectivity index (χ2v) is 4.20. The lowest BCUT2D eigenvalue weighted by molar-refractivity contribution is 0.0992. The molecule has 0 aromatic heterocycles. The number of ether oxygens (including phenoxy) is 1. The van der Waals surface area contributed by atoms with Crippen LogP contribution >= 0.6 is 0 Å². The van der Waals surface area contributed by atoms with Crippen LogP contribution in [0.15, 0.2) is 24.3 Å². The van der Waals surface area contributed by atoms with Crippen molar-refractivity contribution in [2.75, 3.05) is 7.11 Å². The number of methoxy groups -OCH3 is 1. The summed E-state index contributed by atoms with van der Waals surface area (Å²) in [6.07, 6.45) is 1.10. The van der Waals surface area contributed by atoms with E-state index in [1.807, 2.05) is 18.2 Å². The zero-order valence-electron chi connectivity index (χ0n) is 9.49. The van der Waals surface area contributed by atoms with Crippen molar-refractivity contribution in [2.24, 2.45) is 0 Å². The molecule has 86 valence electrons. The van der Waals surface area contributed by atoms with Crippen LogP contribution in [0.5, 0.6) is 11.5 Å². The van der Waals surface area contributed by atoms with Gasteiger partial charge in [-0.2, -0.15) is 0 Å². The third kappa shape index (κ3) is 1.25. The Bertz CT molecular complexity index is 629. The number of phenolic OH excluding ortho intramolecular Hbond substituents is 1. The molecule has 0 unspecified atom stereocenters. The lowest BCUT2D eigenvalue weighted by Gasteiger charge is -2.12. The third-order valence-electron chi connectivity index (χ3n) is 3.32. The van der Waals surface area contributed by atoms with Crippen LogP contribution < -0.4 is 4.74 Å². The number of phenols is 1. The van der Waals surface area contributed by atoms with Gasteiger partial charge in [0.25, 0.3) is 0 Å². The summed E-state index contributed by atoms with van der Waals surface area (Å²) < 4.78 is 5.41. The lowest BCUT2D eigenvalue weighted by atomic mass is 9.99. The fraction of sp³-hybridized carbons (Fsp3) is 0.214. The molecule has 17 heavy (non-hydrogen) atoms. The summed E-state index contributed by atoms with van der Waals surface area (Å²) in [5.41, 5.74) is 1.29. The zero-order valence-corrected chi connectivity index (χ0v) is 9.49. The van der Waals surface area contributed by atoms with Crippen molar-refractivity contribution < 1.29 is 14.6 Å². The Morgan fingerprint density at radius 2 is 1.88 bits per heavy atom. The highest BCUT2D eigenvalue weighted by atomic mass is 16.5. The van der Waals surface area contributed by atoms with Crippen LogP contribution in [0.1, 0.15) is 22.3 Å². The van der Waals surface area contributed by atoms with Crippen LogP contribution in [0.4, 0.5) is 0 Å². The lowest BCUT2D eigenvalue weighted by Crippen LogP contribution is -1.96. The Kier molecular flexibility index (Phi) is 2.08. The Morgan fingerprint density at radius 1 is 1.18 bits per heavy atom. The molecule has 1 aliphatic carbocycles. The molecule has 2 aromatic rings. The monoisotopic (exact) mass is 228 g/mol. The Labute approximate surface area is 98.6 Å². The van der Waals surface area contributed by atoms with Crippen molar-refractivity contribution in [2.45, 2.75) is 12.8 Å². The van der Waals surface area contributed by atoms with Crippen LogP contribution in [-0.4, -0.2) is 18.0 Å². The van der Waals surface area contributed by atoms with Gasteiger partial charge in [-0.3, -0.25) is 4.79 Å². The van der Waals surface area contributed by atoms with Crippen molar-refractivity contribution in [1.29, 1.82) is 0 Å². The van der Waals surface area contributed by atoms with Crippen molar-refractivity contribution in [3.63, 3.8) is 0 Å². The van der Waals surface area contributed by atoms with Gasteiger partial charge in [-0.1, -0.05) is 24.3 Å². The standard InChI is InChI=1S/C14H12O3/c1-17-14-9-5-3-2-4-8(9)13(16)12-10(14)6-7-11(12)15/h2-5,16H,6-7H2,1H3. The van der Waals surface area contributed by atoms with Gasteiger partial charge >= 0.3 is 0 Å². The maximum absolute atomic E-state index is 11.8. The molecule has 0 amide bonds. The summed E-state index contributed by atoms with van der Waals surface area (Å²) >= 11 is 0. The molecule has 3 nitrogen and oxygen atoms in total. The first kappa shape index (κ1) is 10.1. The van der Waals surface area contributed by atoms with E-state index in [1.165, 1.54) is 0 Å². The van der Waals surface area contributed by atoms with Gasteiger partial charge in [-0.15, -0.1) is 0 Å². The highest BCUT2D eigenvalue weighted by Gasteiger charge is 2.29. The minimum Gasteiger partial charge on any atom is -0.507 e. The average Bonchev–Trinajstić information content (AvgIpc) is 2.73. The molecule has 0 fully saturated rings. The summed E-state index contributed by atoms with van der Waals surface area (Å²) in [6, 6.07) is 7.44. The average molecular weight is 228 g/mol. The van der Waals surface area contributed by atoms with Gasteiger partial charge in [0.2, 0.25) is 0 Å². The van der Waals surface area contributed by atoms with E-state index in [4.69, 9.17) is 4.74 Å². The smallest absolute Gasteiger partial charge is 0.167 e. The number of carbonyl (C=O) groups excluding carboxylic acids is 1. The predicted octanol–water partition coefficient (Wildman–Crippen LogP) is 2.68. The Morgan fingerprint density at radius 3 is 2.59 bits per heavy atom. The van der Waals surface area contributed by atoms with Crippen LogP contribution in [0.3, 0.4) is 0 Å². The molecular weight excluding hydrogens is 216 g/mol. The number of Topliss-reactive ketones (excluding diaryl/α,β-unsaturated/α-hetero) is 1. The highest BCUT2D eigenvalue weighted by molar-refractivity contribution is 6.10. The second-order valence-electron chi connectivity index (χ2n) is 4.20. The maximum atomic E-state index is 11.8. The molecule has 3 heteroatoms. The molecular formula is C14H12O3. The van der Waals surface area contributed by atoms with Gasteiger partial charge in [0.05, 0.1) is 12.7 Å². The summed E-state index contributed by atoms with van der Waals surface area (Å²) in [5.74, 6) is 0.819. The van der Waals surface area contributed by atoms with E-state index in [9.17, 15) is 9.90 Å². The number of hydrogen-bond acceptors (Lipinski definition) is 3. The second kappa shape index (κ2) is 3.48. The Balaban J connectivity index is 2.51. The minimum atomic E-state index is 0.00144. The van der Waals surface area contributed by atoms with Crippen molar-refractivity contribution in [3.05, 3.63) is 35.4 Å². The molecule has 0 bridgehead atoms. The van der Waals surface area contributed by atoms with Crippen molar-refractivity contribution in [1.82, 2.24) is 0 Å². The zero-order chi connectivity index (χ0) is 12.0. The topological polar surface area (TPSA) is 46.5 Å². The Hall–Kier alpha value is -2.03. The molecule has 0 spiro atoms. The first-order valence-electron chi connectivity index (χ1n) is 5.57. The van der Waals surface area contributed by atoms with E-state index in [0.717, 1.165) is 16.7 Å². The van der Waals surface area contributed by atoms with E-state index in [2.05, 4.69) is 0 Å². The number of aromatic hydroxyl groups is 1. The van der Waals surface area contributed by atoms with Crippen molar-refractivity contribution >= 4 is 16.6 Å². The van der Waals surface area contributed by atoms with Crippen LogP contribution in [0.25, 0.3) is 10.8 Å². The molecule has 0 saturated carbocycles. The van der Waals surface area contributed by atoms with Crippen molar-refractivity contribution in [3.8, 4) is 11.5 Å². The number of rotatable bonds is 1. The highest BCUT2D eigenvalue weighted by Crippen LogP contribution is 2.43. The number of fused-ring (bicyclic) bond motifs is 2. The van der Waals surface area contributed by atoms with E-state index in [0.29, 0.717) is 23.8 Å². The fourth-order valence-corrected chi connectivity index (χ4v) is 2.58. The van der Waals surface area contributed by atoms with Gasteiger partial charge in [0, 0.05) is 22.8 Å². The van der Waals surface area contributed by atoms with E-state index >= 15 is 0 Å². The normalized spacial score (nSPS) is 14.1. The molecule has 1 N–H and O–H groups in total. The molecule has 0 heterocycles. The van der Waals surface area contributed by atoms with E-state index in [-0.39, 0.29) is 11.5 Å². The summed E-state index contributed by atoms with van der Waals surface area (Å²) in [4.78, 5) is 11.8. The molecule has 0 aliphatic heterocycles. The first-order valence-corrected chi connectivity index (χ1v) is 5.57. The number of carbonyl (C=O) groups is 1. The molecule has 0 atom stereocenters. The van der Waals surface area contributed by atoms with Crippen LogP contribution in [-0.2, 0) is 6.42 Å². The molecule has 0 radical (unpaired) electrons. The minimum absolute atomic E-state index is 0.00144. The molecule has 0 saturated heterocycles. The predicted molar refractivity (Wildman–Crippen MR) is 64.8 cm³/mol. The van der Waals surface area contributed by atoms with Gasteiger partial charge in [0.1, 0.15) is 11.5 Å². The maximum Gasteiger partial charge on any atom is 0.167 e. The summed E-state index contributed by atoms with van der Waals surface area (Å²) in [5, 5.41) is 11.7. The van der Waals surface area contributed by atoms with E-state index < -0.39 is 0 Å². The largest absolute Gasteiger partial charge is 0.507 e. The van der Waals surface area contributed by atoms with Crippen LogP contribution in [0, 0.1) is 0 Å². The molecule has 3 rings (SSSR count). The first-order chi connectivity index (χ1) is 8.24. The molecule has 2 aromatic carbocycles. The van der Waals surface area contributed by atoms with Gasteiger partial charge in [-0.25, -0.2) is 0 Å². The number of ketones is 1. The summed E-state index contributed by atoms with van der Waals surface area (Å²) in [7, 11) is 1.60. The van der Waals surface area contributed by atoms with Gasteiger partial charge in [0.15, 0.2) is 5.78 Å². The summed E-state index contributed by atoms with van der Waals surface area (Å²) in [6.45, 7) is 0. The molecule has 1 aliphatic rings. The SMILES string of the molecule is COc1c2c(c(O)c3ccccc13)C(=O)CC2. The van der Waals surface area contributed by atoms with Gasteiger partial charge in [-0.05, 0) is 6.42 Å². The van der Waals surface area contributed by atoms with E-state index in [1.54, 1.807) is 13.2 Å². The van der Waals surface area contributed by atoms with Crippen LogP contribution in [0.2, 0.25) is 0 Å². The van der Waals surface area contributed by atoms with Gasteiger partial charge < -0.3 is 9.84 Å². The fourth-order valence-electron chi connectivity index (χ4n) is 2.58.